The molecule has 37 heavy (non-hydrogen) atoms. The van der Waals surface area contributed by atoms with Crippen LogP contribution in [0.3, 0.4) is 0 Å². The van der Waals surface area contributed by atoms with Crippen LogP contribution in [0.5, 0.6) is 5.75 Å². The minimum Gasteiger partial charge on any atom is -0.480 e. The van der Waals surface area contributed by atoms with Crippen LogP contribution in [0.25, 0.3) is 16.8 Å². The average Bonchev–Trinajstić information content (AvgIpc) is 3.25. The molecule has 0 fully saturated rings. The summed E-state index contributed by atoms with van der Waals surface area (Å²) < 4.78 is 42.5. The molecule has 7 nitrogen and oxygen atoms in total. The minimum absolute atomic E-state index is 0.0333. The van der Waals surface area contributed by atoms with E-state index in [2.05, 4.69) is 15.2 Å². The molecule has 1 atom stereocenters. The van der Waals surface area contributed by atoms with Gasteiger partial charge in [0.2, 0.25) is 0 Å². The third-order valence-electron chi connectivity index (χ3n) is 5.67. The van der Waals surface area contributed by atoms with E-state index in [0.717, 1.165) is 11.3 Å². The number of carbonyl (C=O) groups excluding carboxylic acids is 1. The van der Waals surface area contributed by atoms with Crippen LogP contribution in [-0.4, -0.2) is 39.2 Å². The summed E-state index contributed by atoms with van der Waals surface area (Å²) in [6.45, 7) is 1.73. The molecule has 0 saturated carbocycles. The molecular formula is C27H22F3N3O4. The highest BCUT2D eigenvalue weighted by atomic mass is 19.4. The molecule has 3 aromatic carbocycles. The lowest BCUT2D eigenvalue weighted by atomic mass is 10.0. The molecule has 0 aliphatic carbocycles. The Bertz CT molecular complexity index is 1380. The van der Waals surface area contributed by atoms with E-state index < -0.39 is 24.3 Å². The van der Waals surface area contributed by atoms with E-state index in [1.807, 2.05) is 30.3 Å². The first-order valence-corrected chi connectivity index (χ1v) is 11.2. The number of benzene rings is 3. The number of aliphatic carboxylic acids is 1. The van der Waals surface area contributed by atoms with Crippen molar-refractivity contribution < 1.29 is 32.6 Å². The number of para-hydroxylation sites is 1. The summed E-state index contributed by atoms with van der Waals surface area (Å²) >= 11 is 0. The zero-order chi connectivity index (χ0) is 26.6. The Labute approximate surface area is 210 Å². The molecule has 0 radical (unpaired) electrons. The molecule has 0 aliphatic rings. The Morgan fingerprint density at radius 2 is 1.57 bits per heavy atom. The van der Waals surface area contributed by atoms with Crippen LogP contribution in [0, 0.1) is 6.92 Å². The van der Waals surface area contributed by atoms with E-state index in [4.69, 9.17) is 0 Å². The van der Waals surface area contributed by atoms with Gasteiger partial charge in [0.1, 0.15) is 11.8 Å². The van der Waals surface area contributed by atoms with E-state index in [1.54, 1.807) is 35.9 Å². The number of carbonyl (C=O) groups is 2. The Morgan fingerprint density at radius 3 is 2.14 bits per heavy atom. The number of amides is 1. The van der Waals surface area contributed by atoms with E-state index in [9.17, 15) is 27.9 Å². The maximum atomic E-state index is 12.9. The Kier molecular flexibility index (Phi) is 7.28. The van der Waals surface area contributed by atoms with Crippen molar-refractivity contribution in [3.05, 3.63) is 102 Å². The molecule has 1 heterocycles. The smallest absolute Gasteiger partial charge is 0.480 e. The van der Waals surface area contributed by atoms with Crippen molar-refractivity contribution in [2.24, 2.45) is 0 Å². The molecule has 190 valence electrons. The zero-order valence-electron chi connectivity index (χ0n) is 19.6. The van der Waals surface area contributed by atoms with E-state index >= 15 is 0 Å². The van der Waals surface area contributed by atoms with E-state index in [-0.39, 0.29) is 17.7 Å². The number of aromatic nitrogens is 2. The van der Waals surface area contributed by atoms with Gasteiger partial charge in [0.05, 0.1) is 23.1 Å². The second-order valence-electron chi connectivity index (χ2n) is 8.23. The van der Waals surface area contributed by atoms with Gasteiger partial charge in [-0.25, -0.2) is 9.48 Å². The highest BCUT2D eigenvalue weighted by molar-refractivity contribution is 5.97. The van der Waals surface area contributed by atoms with Gasteiger partial charge in [-0.05, 0) is 47.9 Å². The number of nitrogens with zero attached hydrogens (tertiary/aromatic N) is 2. The van der Waals surface area contributed by atoms with Crippen molar-refractivity contribution >= 4 is 11.9 Å². The molecule has 2 N–H and O–H groups in total. The summed E-state index contributed by atoms with van der Waals surface area (Å²) in [5.41, 5.74) is 3.66. The molecule has 0 bridgehead atoms. The largest absolute Gasteiger partial charge is 0.573 e. The fraction of sp³-hybridized carbons (Fsp3) is 0.148. The fourth-order valence-corrected chi connectivity index (χ4v) is 3.82. The number of hydrogen-bond acceptors (Lipinski definition) is 4. The van der Waals surface area contributed by atoms with Gasteiger partial charge in [0.25, 0.3) is 5.91 Å². The van der Waals surface area contributed by atoms with E-state index in [1.165, 1.54) is 30.5 Å². The SMILES string of the molecule is Cc1c(C(=O)N[C@@H](Cc2ccc(-c3ccc(OC(F)(F)F)cc3)cc2)C(=O)O)cnn1-c1ccccc1. The van der Waals surface area contributed by atoms with Gasteiger partial charge >= 0.3 is 12.3 Å². The lowest BCUT2D eigenvalue weighted by Gasteiger charge is -2.15. The molecule has 4 aromatic rings. The summed E-state index contributed by atoms with van der Waals surface area (Å²) in [5, 5.41) is 16.5. The van der Waals surface area contributed by atoms with Gasteiger partial charge in [-0.3, -0.25) is 4.79 Å². The first kappa shape index (κ1) is 25.5. The average molecular weight is 509 g/mol. The van der Waals surface area contributed by atoms with Crippen LogP contribution in [0.2, 0.25) is 0 Å². The van der Waals surface area contributed by atoms with E-state index in [0.29, 0.717) is 16.8 Å². The van der Waals surface area contributed by atoms with Crippen LogP contribution in [0.4, 0.5) is 13.2 Å². The van der Waals surface area contributed by atoms with Gasteiger partial charge in [-0.2, -0.15) is 5.10 Å². The summed E-state index contributed by atoms with van der Waals surface area (Å²) in [6, 6.07) is 20.3. The first-order chi connectivity index (χ1) is 17.6. The van der Waals surface area contributed by atoms with Crippen LogP contribution >= 0.6 is 0 Å². The van der Waals surface area contributed by atoms with Crippen molar-refractivity contribution in [2.75, 3.05) is 0 Å². The van der Waals surface area contributed by atoms with Crippen LogP contribution in [0.1, 0.15) is 21.6 Å². The Morgan fingerprint density at radius 1 is 0.973 bits per heavy atom. The van der Waals surface area contributed by atoms with Gasteiger partial charge in [0.15, 0.2) is 0 Å². The highest BCUT2D eigenvalue weighted by Crippen LogP contribution is 2.27. The number of carboxylic acid groups (broad SMARTS) is 1. The molecule has 0 aliphatic heterocycles. The highest BCUT2D eigenvalue weighted by Gasteiger charge is 2.31. The zero-order valence-corrected chi connectivity index (χ0v) is 19.6. The van der Waals surface area contributed by atoms with Crippen molar-refractivity contribution in [3.63, 3.8) is 0 Å². The van der Waals surface area contributed by atoms with Gasteiger partial charge < -0.3 is 15.2 Å². The quantitative estimate of drug-likeness (QED) is 0.342. The van der Waals surface area contributed by atoms with Crippen molar-refractivity contribution in [1.82, 2.24) is 15.1 Å². The number of alkyl halides is 3. The molecule has 0 saturated heterocycles. The topological polar surface area (TPSA) is 93.4 Å². The predicted octanol–water partition coefficient (Wildman–Crippen LogP) is 5.17. The van der Waals surface area contributed by atoms with Gasteiger partial charge in [-0.1, -0.05) is 54.6 Å². The number of hydrogen-bond donors (Lipinski definition) is 2. The number of nitrogens with one attached hydrogen (secondary N) is 1. The summed E-state index contributed by atoms with van der Waals surface area (Å²) in [7, 11) is 0. The lowest BCUT2D eigenvalue weighted by molar-refractivity contribution is -0.274. The summed E-state index contributed by atoms with van der Waals surface area (Å²) in [4.78, 5) is 24.7. The molecule has 0 spiro atoms. The number of ether oxygens (including phenoxy) is 1. The van der Waals surface area contributed by atoms with Crippen molar-refractivity contribution in [2.45, 2.75) is 25.7 Å². The van der Waals surface area contributed by atoms with Crippen molar-refractivity contribution in [1.29, 1.82) is 0 Å². The van der Waals surface area contributed by atoms with Crippen molar-refractivity contribution in [3.8, 4) is 22.6 Å². The monoisotopic (exact) mass is 509 g/mol. The minimum atomic E-state index is -4.76. The molecule has 10 heteroatoms. The van der Waals surface area contributed by atoms with Crippen LogP contribution < -0.4 is 10.1 Å². The predicted molar refractivity (Wildman–Crippen MR) is 129 cm³/mol. The molecular weight excluding hydrogens is 487 g/mol. The lowest BCUT2D eigenvalue weighted by Crippen LogP contribution is -2.42. The third-order valence-corrected chi connectivity index (χ3v) is 5.67. The standard InChI is InChI=1S/C27H22F3N3O4/c1-17-23(16-31-33(17)21-5-3-2-4-6-21)25(34)32-24(26(35)36)15-18-7-9-19(10-8-18)20-11-13-22(14-12-20)37-27(28,29)30/h2-14,16,24H,15H2,1H3,(H,32,34)(H,35,36)/t24-/m0/s1. The Balaban J connectivity index is 1.43. The third kappa shape index (κ3) is 6.35. The van der Waals surface area contributed by atoms with Crippen LogP contribution in [0.15, 0.2) is 85.1 Å². The fourth-order valence-electron chi connectivity index (χ4n) is 3.82. The normalized spacial score (nSPS) is 12.1. The maximum Gasteiger partial charge on any atom is 0.573 e. The van der Waals surface area contributed by atoms with Gasteiger partial charge in [-0.15, -0.1) is 13.2 Å². The summed E-state index contributed by atoms with van der Waals surface area (Å²) in [6.07, 6.45) is -3.33. The molecule has 4 rings (SSSR count). The van der Waals surface area contributed by atoms with Gasteiger partial charge in [0, 0.05) is 6.42 Å². The number of rotatable bonds is 8. The molecule has 1 amide bonds. The number of halogens is 3. The molecule has 1 aromatic heterocycles. The molecule has 0 unspecified atom stereocenters. The second kappa shape index (κ2) is 10.6. The number of carboxylic acids is 1. The van der Waals surface area contributed by atoms with Crippen LogP contribution in [-0.2, 0) is 11.2 Å². The summed E-state index contributed by atoms with van der Waals surface area (Å²) in [5.74, 6) is -2.06. The second-order valence-corrected chi connectivity index (χ2v) is 8.23. The Hall–Kier alpha value is -4.60. The maximum absolute atomic E-state index is 12.9. The first-order valence-electron chi connectivity index (χ1n) is 11.2.